The van der Waals surface area contributed by atoms with Gasteiger partial charge in [-0.15, -0.1) is 0 Å². The van der Waals surface area contributed by atoms with Crippen molar-refractivity contribution in [2.75, 3.05) is 36.4 Å². The summed E-state index contributed by atoms with van der Waals surface area (Å²) >= 11 is 3.51. The number of carbonyl (C=O) groups excluding carboxylic acids is 1. The summed E-state index contributed by atoms with van der Waals surface area (Å²) in [5, 5.41) is 12.5. The van der Waals surface area contributed by atoms with Crippen LogP contribution >= 0.6 is 15.9 Å². The van der Waals surface area contributed by atoms with Crippen molar-refractivity contribution in [3.05, 3.63) is 52.5 Å². The number of amides is 1. The minimum absolute atomic E-state index is 0.0441. The lowest BCUT2D eigenvalue weighted by atomic mass is 10.2. The highest BCUT2D eigenvalue weighted by molar-refractivity contribution is 9.10. The third-order valence-corrected chi connectivity index (χ3v) is 5.66. The van der Waals surface area contributed by atoms with Gasteiger partial charge in [0.2, 0.25) is 0 Å². The number of phenols is 1. The summed E-state index contributed by atoms with van der Waals surface area (Å²) in [6, 6.07) is 13.1. The van der Waals surface area contributed by atoms with E-state index in [0.29, 0.717) is 0 Å². The number of aromatic hydroxyl groups is 1. The van der Waals surface area contributed by atoms with Gasteiger partial charge in [0.05, 0.1) is 31.9 Å². The van der Waals surface area contributed by atoms with Crippen molar-refractivity contribution in [3.63, 3.8) is 0 Å². The first kappa shape index (κ1) is 18.7. The molecule has 138 valence electrons. The molecule has 1 amide bonds. The molecule has 3 N–H and O–H groups in total. The Balaban J connectivity index is 1.56. The van der Waals surface area contributed by atoms with Gasteiger partial charge in [0.1, 0.15) is 5.75 Å². The van der Waals surface area contributed by atoms with Crippen LogP contribution in [0.15, 0.2) is 46.9 Å². The summed E-state index contributed by atoms with van der Waals surface area (Å²) in [4.78, 5) is 16.2. The van der Waals surface area contributed by atoms with Crippen molar-refractivity contribution in [2.24, 2.45) is 0 Å². The fourth-order valence-electron chi connectivity index (χ4n) is 3.30. The number of halogens is 1. The van der Waals surface area contributed by atoms with E-state index in [1.54, 1.807) is 12.1 Å². The summed E-state index contributed by atoms with van der Waals surface area (Å²) in [6.07, 6.45) is 0. The second-order valence-electron chi connectivity index (χ2n) is 6.86. The van der Waals surface area contributed by atoms with Crippen molar-refractivity contribution in [1.29, 1.82) is 0 Å². The normalized spacial score (nSPS) is 16.3. The van der Waals surface area contributed by atoms with Crippen molar-refractivity contribution in [3.8, 4) is 5.75 Å². The van der Waals surface area contributed by atoms with Crippen LogP contribution in [-0.2, 0) is 4.79 Å². The Kier molecular flexibility index (Phi) is 5.84. The fraction of sp³-hybridized carbons (Fsp3) is 0.350. The van der Waals surface area contributed by atoms with E-state index in [1.807, 2.05) is 44.2 Å². The quantitative estimate of drug-likeness (QED) is 0.713. The molecule has 26 heavy (non-hydrogen) atoms. The number of piperazine rings is 1. The molecule has 6 heteroatoms. The first-order valence-electron chi connectivity index (χ1n) is 8.89. The molecule has 5 nitrogen and oxygen atoms in total. The standard InChI is InChI=1S/C20H24BrN3O2/c1-14-3-8-19(18(21)13-14)22-20(26)15(2)23-9-11-24(12-10-23)16-4-6-17(25)7-5-16/h3-8,13,15,25H,9-12H2,1-2H3,(H,22,26)/p+1/t15-/m1/s1. The lowest BCUT2D eigenvalue weighted by molar-refractivity contribution is -0.914. The summed E-state index contributed by atoms with van der Waals surface area (Å²) in [5.41, 5.74) is 3.08. The van der Waals surface area contributed by atoms with Gasteiger partial charge >= 0.3 is 0 Å². The fourth-order valence-corrected chi connectivity index (χ4v) is 3.89. The Morgan fingerprint density at radius 2 is 1.85 bits per heavy atom. The minimum Gasteiger partial charge on any atom is -0.508 e. The maximum Gasteiger partial charge on any atom is 0.282 e. The van der Waals surface area contributed by atoms with E-state index in [9.17, 15) is 9.90 Å². The molecule has 0 saturated carbocycles. The molecule has 0 spiro atoms. The van der Waals surface area contributed by atoms with Crippen LogP contribution in [-0.4, -0.2) is 43.2 Å². The largest absolute Gasteiger partial charge is 0.508 e. The molecule has 0 aliphatic carbocycles. The molecule has 2 aromatic rings. The van der Waals surface area contributed by atoms with Crippen LogP contribution in [0, 0.1) is 6.92 Å². The zero-order valence-electron chi connectivity index (χ0n) is 15.1. The lowest BCUT2D eigenvalue weighted by Gasteiger charge is -2.36. The van der Waals surface area contributed by atoms with Crippen LogP contribution in [0.1, 0.15) is 12.5 Å². The Hall–Kier alpha value is -2.05. The van der Waals surface area contributed by atoms with Crippen molar-refractivity contribution < 1.29 is 14.8 Å². The summed E-state index contributed by atoms with van der Waals surface area (Å²) in [7, 11) is 0. The number of hydrogen-bond acceptors (Lipinski definition) is 3. The zero-order chi connectivity index (χ0) is 18.7. The third-order valence-electron chi connectivity index (χ3n) is 5.01. The van der Waals surface area contributed by atoms with E-state index in [0.717, 1.165) is 47.6 Å². The van der Waals surface area contributed by atoms with Crippen LogP contribution in [0.2, 0.25) is 0 Å². The average molecular weight is 419 g/mol. The van der Waals surface area contributed by atoms with E-state index in [-0.39, 0.29) is 17.7 Å². The van der Waals surface area contributed by atoms with Crippen molar-refractivity contribution >= 4 is 33.2 Å². The average Bonchev–Trinajstić information content (AvgIpc) is 2.64. The molecule has 1 aliphatic heterocycles. The highest BCUT2D eigenvalue weighted by Gasteiger charge is 2.29. The molecule has 2 aromatic carbocycles. The van der Waals surface area contributed by atoms with E-state index in [2.05, 4.69) is 26.1 Å². The second kappa shape index (κ2) is 8.10. The molecule has 1 atom stereocenters. The Bertz CT molecular complexity index is 771. The van der Waals surface area contributed by atoms with E-state index in [4.69, 9.17) is 0 Å². The second-order valence-corrected chi connectivity index (χ2v) is 7.71. The van der Waals surface area contributed by atoms with Gasteiger partial charge in [-0.05, 0) is 71.7 Å². The number of nitrogens with one attached hydrogen (secondary N) is 2. The molecular weight excluding hydrogens is 394 g/mol. The predicted molar refractivity (Wildman–Crippen MR) is 108 cm³/mol. The number of phenolic OH excluding ortho intramolecular Hbond substituents is 1. The predicted octanol–water partition coefficient (Wildman–Crippen LogP) is 2.20. The van der Waals surface area contributed by atoms with Crippen LogP contribution in [0.3, 0.4) is 0 Å². The Morgan fingerprint density at radius 1 is 1.19 bits per heavy atom. The van der Waals surface area contributed by atoms with E-state index >= 15 is 0 Å². The topological polar surface area (TPSA) is 57.0 Å². The first-order chi connectivity index (χ1) is 12.4. The van der Waals surface area contributed by atoms with Gasteiger partial charge in [0.15, 0.2) is 6.04 Å². The SMILES string of the molecule is Cc1ccc(NC(=O)[C@@H](C)[NH+]2CCN(c3ccc(O)cc3)CC2)c(Br)c1. The lowest BCUT2D eigenvalue weighted by Crippen LogP contribution is -3.19. The summed E-state index contributed by atoms with van der Waals surface area (Å²) in [5.74, 6) is 0.327. The van der Waals surface area contributed by atoms with Gasteiger partial charge in [-0.3, -0.25) is 4.79 Å². The van der Waals surface area contributed by atoms with Gasteiger partial charge in [-0.2, -0.15) is 0 Å². The van der Waals surface area contributed by atoms with Crippen LogP contribution in [0.5, 0.6) is 5.75 Å². The number of hydrogen-bond donors (Lipinski definition) is 3. The number of nitrogens with zero attached hydrogens (tertiary/aromatic N) is 1. The highest BCUT2D eigenvalue weighted by Crippen LogP contribution is 2.23. The molecule has 1 fully saturated rings. The van der Waals surface area contributed by atoms with Gasteiger partial charge in [0.25, 0.3) is 5.91 Å². The van der Waals surface area contributed by atoms with Gasteiger partial charge in [0, 0.05) is 10.2 Å². The molecule has 0 radical (unpaired) electrons. The molecule has 1 heterocycles. The van der Waals surface area contributed by atoms with Crippen molar-refractivity contribution in [1.82, 2.24) is 0 Å². The number of quaternary nitrogens is 1. The molecule has 0 unspecified atom stereocenters. The van der Waals surface area contributed by atoms with Crippen LogP contribution < -0.4 is 15.1 Å². The van der Waals surface area contributed by atoms with E-state index < -0.39 is 0 Å². The minimum atomic E-state index is -0.106. The number of benzene rings is 2. The zero-order valence-corrected chi connectivity index (χ0v) is 16.7. The molecule has 0 aromatic heterocycles. The molecule has 3 rings (SSSR count). The maximum atomic E-state index is 12.6. The van der Waals surface area contributed by atoms with Gasteiger partial charge in [-0.25, -0.2) is 0 Å². The van der Waals surface area contributed by atoms with Gasteiger partial charge in [-0.1, -0.05) is 6.07 Å². The van der Waals surface area contributed by atoms with Crippen molar-refractivity contribution in [2.45, 2.75) is 19.9 Å². The highest BCUT2D eigenvalue weighted by atomic mass is 79.9. The van der Waals surface area contributed by atoms with Gasteiger partial charge < -0.3 is 20.2 Å². The molecule has 0 bridgehead atoms. The number of aryl methyl sites for hydroxylation is 1. The number of anilines is 2. The van der Waals surface area contributed by atoms with Crippen LogP contribution in [0.25, 0.3) is 0 Å². The Morgan fingerprint density at radius 3 is 2.46 bits per heavy atom. The van der Waals surface area contributed by atoms with E-state index in [1.165, 1.54) is 4.90 Å². The first-order valence-corrected chi connectivity index (χ1v) is 9.69. The number of carbonyl (C=O) groups is 1. The summed E-state index contributed by atoms with van der Waals surface area (Å²) in [6.45, 7) is 7.62. The summed E-state index contributed by atoms with van der Waals surface area (Å²) < 4.78 is 0.908. The maximum absolute atomic E-state index is 12.6. The smallest absolute Gasteiger partial charge is 0.282 e. The Labute approximate surface area is 162 Å². The molecule has 1 saturated heterocycles. The monoisotopic (exact) mass is 418 g/mol. The number of rotatable bonds is 4. The molecular formula is C20H25BrN3O2+. The molecule has 1 aliphatic rings. The van der Waals surface area contributed by atoms with Crippen LogP contribution in [0.4, 0.5) is 11.4 Å². The third kappa shape index (κ3) is 4.37.